The molecular formula is C24H20FN3O4S. The first-order chi connectivity index (χ1) is 15.8. The van der Waals surface area contributed by atoms with Crippen LogP contribution < -0.4 is 5.32 Å². The van der Waals surface area contributed by atoms with E-state index in [1.807, 2.05) is 0 Å². The van der Waals surface area contributed by atoms with Crippen LogP contribution >= 0.6 is 0 Å². The van der Waals surface area contributed by atoms with E-state index in [0.29, 0.717) is 11.3 Å². The molecule has 1 N–H and O–H groups in total. The van der Waals surface area contributed by atoms with E-state index in [4.69, 9.17) is 4.42 Å². The Morgan fingerprint density at radius 3 is 2.39 bits per heavy atom. The molecule has 3 aromatic carbocycles. The van der Waals surface area contributed by atoms with E-state index < -0.39 is 21.7 Å². The van der Waals surface area contributed by atoms with Gasteiger partial charge < -0.3 is 9.73 Å². The first-order valence-corrected chi connectivity index (χ1v) is 11.4. The summed E-state index contributed by atoms with van der Waals surface area (Å²) in [6.07, 6.45) is 1.40. The molecule has 4 aromatic rings. The number of halogens is 1. The number of benzene rings is 3. The highest BCUT2D eigenvalue weighted by atomic mass is 32.2. The molecule has 0 spiro atoms. The second-order valence-electron chi connectivity index (χ2n) is 7.32. The van der Waals surface area contributed by atoms with Gasteiger partial charge in [0.05, 0.1) is 22.2 Å². The molecule has 0 aliphatic carbocycles. The molecule has 0 unspecified atom stereocenters. The summed E-state index contributed by atoms with van der Waals surface area (Å²) in [5, 5.41) is 2.72. The van der Waals surface area contributed by atoms with Gasteiger partial charge in [-0.05, 0) is 42.5 Å². The number of oxazole rings is 1. The number of nitrogens with zero attached hydrogens (tertiary/aromatic N) is 2. The van der Waals surface area contributed by atoms with Crippen molar-refractivity contribution in [3.63, 3.8) is 0 Å². The predicted octanol–water partition coefficient (Wildman–Crippen LogP) is 4.65. The fourth-order valence-electron chi connectivity index (χ4n) is 3.20. The van der Waals surface area contributed by atoms with Crippen molar-refractivity contribution in [3.05, 3.63) is 90.4 Å². The van der Waals surface area contributed by atoms with Crippen molar-refractivity contribution in [2.24, 2.45) is 0 Å². The molecule has 1 aromatic heterocycles. The van der Waals surface area contributed by atoms with Crippen LogP contribution in [-0.2, 0) is 10.0 Å². The van der Waals surface area contributed by atoms with Gasteiger partial charge in [-0.2, -0.15) is 0 Å². The minimum Gasteiger partial charge on any atom is -0.436 e. The normalized spacial score (nSPS) is 11.5. The number of nitrogens with one attached hydrogen (secondary N) is 1. The van der Waals surface area contributed by atoms with Crippen molar-refractivity contribution >= 4 is 21.6 Å². The Kier molecular flexibility index (Phi) is 6.08. The van der Waals surface area contributed by atoms with Crippen molar-refractivity contribution < 1.29 is 22.0 Å². The zero-order chi connectivity index (χ0) is 23.6. The van der Waals surface area contributed by atoms with Crippen LogP contribution in [0.15, 0.2) is 88.3 Å². The standard InChI is InChI=1S/C24H20FN3O4S/c1-28(2)33(30,31)17-9-7-8-16(14-17)27-23(29)18-10-3-4-11-19(18)24-26-15-22(32-24)20-12-5-6-13-21(20)25/h3-15H,1-2H3,(H,27,29). The summed E-state index contributed by atoms with van der Waals surface area (Å²) in [6.45, 7) is 0. The zero-order valence-electron chi connectivity index (χ0n) is 17.8. The maximum absolute atomic E-state index is 14.1. The van der Waals surface area contributed by atoms with Crippen molar-refractivity contribution in [2.45, 2.75) is 4.90 Å². The Hall–Kier alpha value is -3.82. The molecule has 0 saturated carbocycles. The Morgan fingerprint density at radius 2 is 1.67 bits per heavy atom. The third-order valence-corrected chi connectivity index (χ3v) is 6.73. The third kappa shape index (κ3) is 4.55. The fourth-order valence-corrected chi connectivity index (χ4v) is 4.14. The van der Waals surface area contributed by atoms with E-state index in [2.05, 4.69) is 10.3 Å². The molecule has 168 valence electrons. The van der Waals surface area contributed by atoms with Gasteiger partial charge in [0.1, 0.15) is 5.82 Å². The van der Waals surface area contributed by atoms with Crippen LogP contribution in [0.4, 0.5) is 10.1 Å². The van der Waals surface area contributed by atoms with E-state index in [1.54, 1.807) is 54.6 Å². The highest BCUT2D eigenvalue weighted by Gasteiger charge is 2.20. The number of aromatic nitrogens is 1. The second kappa shape index (κ2) is 8.97. The first-order valence-electron chi connectivity index (χ1n) is 9.91. The molecule has 9 heteroatoms. The molecule has 7 nitrogen and oxygen atoms in total. The summed E-state index contributed by atoms with van der Waals surface area (Å²) in [4.78, 5) is 17.3. The number of carbonyl (C=O) groups is 1. The van der Waals surface area contributed by atoms with Crippen LogP contribution in [0.25, 0.3) is 22.8 Å². The molecule has 0 saturated heterocycles. The lowest BCUT2D eigenvalue weighted by molar-refractivity contribution is 0.102. The van der Waals surface area contributed by atoms with Gasteiger partial charge in [0.2, 0.25) is 15.9 Å². The maximum Gasteiger partial charge on any atom is 0.256 e. The van der Waals surface area contributed by atoms with Crippen molar-refractivity contribution in [1.29, 1.82) is 0 Å². The van der Waals surface area contributed by atoms with Gasteiger partial charge in [0.15, 0.2) is 5.76 Å². The average Bonchev–Trinajstić information content (AvgIpc) is 3.29. The maximum atomic E-state index is 14.1. The number of amides is 1. The number of rotatable bonds is 6. The van der Waals surface area contributed by atoms with Gasteiger partial charge in [-0.15, -0.1) is 0 Å². The van der Waals surface area contributed by atoms with Gasteiger partial charge in [-0.25, -0.2) is 22.1 Å². The van der Waals surface area contributed by atoms with Crippen LogP contribution in [0, 0.1) is 5.82 Å². The van der Waals surface area contributed by atoms with Crippen LogP contribution in [0.2, 0.25) is 0 Å². The quantitative estimate of drug-likeness (QED) is 0.448. The Bertz CT molecular complexity index is 1430. The lowest BCUT2D eigenvalue weighted by Crippen LogP contribution is -2.22. The molecule has 0 aliphatic heterocycles. The topological polar surface area (TPSA) is 92.5 Å². The highest BCUT2D eigenvalue weighted by Crippen LogP contribution is 2.30. The fraction of sp³-hybridized carbons (Fsp3) is 0.0833. The van der Waals surface area contributed by atoms with Crippen molar-refractivity contribution in [1.82, 2.24) is 9.29 Å². The number of anilines is 1. The molecule has 4 rings (SSSR count). The predicted molar refractivity (Wildman–Crippen MR) is 123 cm³/mol. The molecule has 1 amide bonds. The lowest BCUT2D eigenvalue weighted by Gasteiger charge is -2.13. The summed E-state index contributed by atoms with van der Waals surface area (Å²) in [5.41, 5.74) is 1.25. The molecule has 0 radical (unpaired) electrons. The third-order valence-electron chi connectivity index (χ3n) is 4.92. The molecule has 0 fully saturated rings. The summed E-state index contributed by atoms with van der Waals surface area (Å²) in [6, 6.07) is 18.8. The summed E-state index contributed by atoms with van der Waals surface area (Å²) >= 11 is 0. The molecule has 0 atom stereocenters. The number of sulfonamides is 1. The molecular weight excluding hydrogens is 445 g/mol. The van der Waals surface area contributed by atoms with Crippen LogP contribution in [0.1, 0.15) is 10.4 Å². The SMILES string of the molecule is CN(C)S(=O)(=O)c1cccc(NC(=O)c2ccccc2-c2ncc(-c3ccccc3F)o2)c1. The number of hydrogen-bond donors (Lipinski definition) is 1. The molecule has 1 heterocycles. The van der Waals surface area contributed by atoms with Gasteiger partial charge >= 0.3 is 0 Å². The summed E-state index contributed by atoms with van der Waals surface area (Å²) in [7, 11) is -0.785. The molecule has 0 aliphatic rings. The average molecular weight is 466 g/mol. The van der Waals surface area contributed by atoms with E-state index in [-0.39, 0.29) is 27.7 Å². The zero-order valence-corrected chi connectivity index (χ0v) is 18.6. The van der Waals surface area contributed by atoms with E-state index in [9.17, 15) is 17.6 Å². The minimum absolute atomic E-state index is 0.0563. The minimum atomic E-state index is -3.65. The van der Waals surface area contributed by atoms with E-state index in [0.717, 1.165) is 4.31 Å². The number of carbonyl (C=O) groups excluding carboxylic acids is 1. The highest BCUT2D eigenvalue weighted by molar-refractivity contribution is 7.89. The summed E-state index contributed by atoms with van der Waals surface area (Å²) in [5.74, 6) is -0.530. The van der Waals surface area contributed by atoms with Gasteiger partial charge in [-0.1, -0.05) is 30.3 Å². The van der Waals surface area contributed by atoms with Crippen LogP contribution in [0.3, 0.4) is 0 Å². The molecule has 0 bridgehead atoms. The van der Waals surface area contributed by atoms with Crippen molar-refractivity contribution in [2.75, 3.05) is 19.4 Å². The van der Waals surface area contributed by atoms with Gasteiger partial charge in [0.25, 0.3) is 5.91 Å². The van der Waals surface area contributed by atoms with Crippen LogP contribution in [0.5, 0.6) is 0 Å². The second-order valence-corrected chi connectivity index (χ2v) is 9.48. The van der Waals surface area contributed by atoms with Crippen LogP contribution in [-0.4, -0.2) is 37.7 Å². The Labute approximate surface area is 190 Å². The van der Waals surface area contributed by atoms with E-state index >= 15 is 0 Å². The largest absolute Gasteiger partial charge is 0.436 e. The summed E-state index contributed by atoms with van der Waals surface area (Å²) < 4.78 is 45.7. The van der Waals surface area contributed by atoms with Gasteiger partial charge in [-0.3, -0.25) is 4.79 Å². The Morgan fingerprint density at radius 1 is 0.970 bits per heavy atom. The molecule has 33 heavy (non-hydrogen) atoms. The first kappa shape index (κ1) is 22.4. The smallest absolute Gasteiger partial charge is 0.256 e. The van der Waals surface area contributed by atoms with Crippen molar-refractivity contribution in [3.8, 4) is 22.8 Å². The van der Waals surface area contributed by atoms with E-state index in [1.165, 1.54) is 38.5 Å². The monoisotopic (exact) mass is 465 g/mol. The van der Waals surface area contributed by atoms with Gasteiger partial charge in [0, 0.05) is 25.3 Å². The number of hydrogen-bond acceptors (Lipinski definition) is 5. The Balaban J connectivity index is 1.64. The lowest BCUT2D eigenvalue weighted by atomic mass is 10.1.